The van der Waals surface area contributed by atoms with Crippen LogP contribution in [0.5, 0.6) is 0 Å². The van der Waals surface area contributed by atoms with Crippen molar-refractivity contribution in [1.29, 1.82) is 0 Å². The topological polar surface area (TPSA) is 74.3 Å². The van der Waals surface area contributed by atoms with Crippen LogP contribution >= 0.6 is 34.7 Å². The van der Waals surface area contributed by atoms with E-state index in [0.29, 0.717) is 34.6 Å². The summed E-state index contributed by atoms with van der Waals surface area (Å²) >= 11 is 8.92. The molecule has 0 amide bonds. The third-order valence-corrected chi connectivity index (χ3v) is 6.05. The fourth-order valence-electron chi connectivity index (χ4n) is 2.69. The first kappa shape index (κ1) is 19.1. The van der Waals surface area contributed by atoms with Crippen LogP contribution in [0.15, 0.2) is 51.9 Å². The smallest absolute Gasteiger partial charge is 0.258 e. The summed E-state index contributed by atoms with van der Waals surface area (Å²) in [6.07, 6.45) is 1.73. The maximum atomic E-state index is 12.2. The Morgan fingerprint density at radius 3 is 2.86 bits per heavy atom. The van der Waals surface area contributed by atoms with E-state index in [4.69, 9.17) is 16.3 Å². The monoisotopic (exact) mass is 433 g/mol. The van der Waals surface area contributed by atoms with E-state index in [1.807, 2.05) is 34.2 Å². The lowest BCUT2D eigenvalue weighted by Crippen LogP contribution is -2.12. The van der Waals surface area contributed by atoms with E-state index >= 15 is 0 Å². The highest BCUT2D eigenvalue weighted by molar-refractivity contribution is 7.98. The Bertz CT molecular complexity index is 1150. The van der Waals surface area contributed by atoms with Gasteiger partial charge < -0.3 is 4.74 Å². The second-order valence-corrected chi connectivity index (χ2v) is 8.14. The van der Waals surface area contributed by atoms with Crippen molar-refractivity contribution in [2.24, 2.45) is 0 Å². The molecule has 4 rings (SSSR count). The van der Waals surface area contributed by atoms with Gasteiger partial charge in [0.05, 0.1) is 18.8 Å². The summed E-state index contributed by atoms with van der Waals surface area (Å²) in [6.45, 7) is 1.15. The molecule has 4 aromatic rings. The standard InChI is InChI=1S/C18H16ClN5O2S2/c1-26-8-6-24-16(12-2-4-13(19)5-3-12)21-22-18(24)28-11-14-10-15(25)23-7-9-27-17(23)20-14/h2-5,7,9-10H,6,8,11H2,1H3. The van der Waals surface area contributed by atoms with Crippen LogP contribution in [-0.2, 0) is 17.0 Å². The summed E-state index contributed by atoms with van der Waals surface area (Å²) in [7, 11) is 1.66. The largest absolute Gasteiger partial charge is 0.383 e. The molecule has 0 aliphatic rings. The second-order valence-electron chi connectivity index (χ2n) is 5.89. The molecule has 0 radical (unpaired) electrons. The van der Waals surface area contributed by atoms with E-state index in [1.54, 1.807) is 23.8 Å². The van der Waals surface area contributed by atoms with Crippen molar-refractivity contribution in [2.45, 2.75) is 17.5 Å². The van der Waals surface area contributed by atoms with Crippen LogP contribution in [0.2, 0.25) is 5.02 Å². The average Bonchev–Trinajstić information content (AvgIpc) is 3.32. The number of thiazole rings is 1. The first-order chi connectivity index (χ1) is 13.7. The van der Waals surface area contributed by atoms with Gasteiger partial charge in [-0.25, -0.2) is 4.98 Å². The number of aromatic nitrogens is 5. The molecule has 0 saturated heterocycles. The zero-order chi connectivity index (χ0) is 19.5. The van der Waals surface area contributed by atoms with Crippen LogP contribution in [0.1, 0.15) is 5.69 Å². The summed E-state index contributed by atoms with van der Waals surface area (Å²) < 4.78 is 8.78. The van der Waals surface area contributed by atoms with Gasteiger partial charge in [-0.1, -0.05) is 23.4 Å². The number of halogens is 1. The lowest BCUT2D eigenvalue weighted by molar-refractivity contribution is 0.185. The Morgan fingerprint density at radius 2 is 2.07 bits per heavy atom. The molecule has 0 aliphatic carbocycles. The van der Waals surface area contributed by atoms with Crippen LogP contribution < -0.4 is 5.56 Å². The first-order valence-corrected chi connectivity index (χ1v) is 10.7. The van der Waals surface area contributed by atoms with Gasteiger partial charge in [-0.05, 0) is 24.3 Å². The molecule has 0 fully saturated rings. The van der Waals surface area contributed by atoms with Crippen molar-refractivity contribution < 1.29 is 4.74 Å². The molecule has 10 heteroatoms. The molecule has 28 heavy (non-hydrogen) atoms. The normalized spacial score (nSPS) is 11.4. The van der Waals surface area contributed by atoms with E-state index in [0.717, 1.165) is 16.5 Å². The Labute approximate surface area is 174 Å². The summed E-state index contributed by atoms with van der Waals surface area (Å²) in [5.74, 6) is 1.27. The van der Waals surface area contributed by atoms with Crippen LogP contribution in [0.25, 0.3) is 16.3 Å². The SMILES string of the molecule is COCCn1c(SCc2cc(=O)n3ccsc3n2)nnc1-c1ccc(Cl)cc1. The van der Waals surface area contributed by atoms with Crippen molar-refractivity contribution in [2.75, 3.05) is 13.7 Å². The van der Waals surface area contributed by atoms with Crippen LogP contribution in [0.3, 0.4) is 0 Å². The quantitative estimate of drug-likeness (QED) is 0.414. The highest BCUT2D eigenvalue weighted by Gasteiger charge is 2.15. The zero-order valence-corrected chi connectivity index (χ0v) is 17.3. The van der Waals surface area contributed by atoms with Gasteiger partial charge >= 0.3 is 0 Å². The highest BCUT2D eigenvalue weighted by atomic mass is 35.5. The zero-order valence-electron chi connectivity index (χ0n) is 14.9. The minimum Gasteiger partial charge on any atom is -0.383 e. The Kier molecular flexibility index (Phi) is 5.77. The van der Waals surface area contributed by atoms with E-state index in [1.165, 1.54) is 23.1 Å². The molecule has 3 aromatic heterocycles. The van der Waals surface area contributed by atoms with E-state index in [-0.39, 0.29) is 5.56 Å². The summed E-state index contributed by atoms with van der Waals surface area (Å²) in [5, 5.41) is 11.9. The van der Waals surface area contributed by atoms with Crippen molar-refractivity contribution in [1.82, 2.24) is 24.1 Å². The number of hydrogen-bond donors (Lipinski definition) is 0. The molecule has 3 heterocycles. The van der Waals surface area contributed by atoms with Gasteiger partial charge in [0.15, 0.2) is 15.9 Å². The molecular formula is C18H16ClN5O2S2. The molecule has 0 N–H and O–H groups in total. The first-order valence-electron chi connectivity index (χ1n) is 8.42. The molecule has 0 bridgehead atoms. The minimum absolute atomic E-state index is 0.0791. The van der Waals surface area contributed by atoms with Gasteiger partial charge in [-0.2, -0.15) is 0 Å². The van der Waals surface area contributed by atoms with Gasteiger partial charge in [0.1, 0.15) is 0 Å². The molecule has 0 saturated carbocycles. The van der Waals surface area contributed by atoms with E-state index in [2.05, 4.69) is 15.2 Å². The second kappa shape index (κ2) is 8.44. The number of thioether (sulfide) groups is 1. The van der Waals surface area contributed by atoms with E-state index in [9.17, 15) is 4.79 Å². The summed E-state index contributed by atoms with van der Waals surface area (Å²) in [5.41, 5.74) is 1.56. The highest BCUT2D eigenvalue weighted by Crippen LogP contribution is 2.27. The number of methoxy groups -OCH3 is 1. The number of ether oxygens (including phenoxy) is 1. The fourth-order valence-corrected chi connectivity index (χ4v) is 4.41. The number of nitrogens with zero attached hydrogens (tertiary/aromatic N) is 5. The van der Waals surface area contributed by atoms with Gasteiger partial charge in [0.25, 0.3) is 5.56 Å². The van der Waals surface area contributed by atoms with Crippen LogP contribution in [-0.4, -0.2) is 37.9 Å². The molecule has 144 valence electrons. The molecule has 0 aliphatic heterocycles. The molecule has 0 unspecified atom stereocenters. The third kappa shape index (κ3) is 3.97. The van der Waals surface area contributed by atoms with Crippen molar-refractivity contribution in [3.05, 3.63) is 63.0 Å². The maximum absolute atomic E-state index is 12.2. The Hall–Kier alpha value is -2.20. The fraction of sp³-hybridized carbons (Fsp3) is 0.222. The van der Waals surface area contributed by atoms with E-state index < -0.39 is 0 Å². The van der Waals surface area contributed by atoms with Gasteiger partial charge in [0, 0.05) is 41.1 Å². The van der Waals surface area contributed by atoms with Crippen molar-refractivity contribution in [3.63, 3.8) is 0 Å². The predicted molar refractivity (Wildman–Crippen MR) is 111 cm³/mol. The lowest BCUT2D eigenvalue weighted by atomic mass is 10.2. The molecule has 0 atom stereocenters. The van der Waals surface area contributed by atoms with Crippen LogP contribution in [0.4, 0.5) is 0 Å². The summed E-state index contributed by atoms with van der Waals surface area (Å²) in [4.78, 5) is 17.4. The predicted octanol–water partition coefficient (Wildman–Crippen LogP) is 3.61. The van der Waals surface area contributed by atoms with Gasteiger partial charge in [-0.3, -0.25) is 13.8 Å². The Morgan fingerprint density at radius 1 is 1.25 bits per heavy atom. The average molecular weight is 434 g/mol. The van der Waals surface area contributed by atoms with Crippen molar-refractivity contribution >= 4 is 39.7 Å². The maximum Gasteiger partial charge on any atom is 0.258 e. The van der Waals surface area contributed by atoms with Gasteiger partial charge in [-0.15, -0.1) is 21.5 Å². The number of rotatable bonds is 7. The molecule has 7 nitrogen and oxygen atoms in total. The van der Waals surface area contributed by atoms with Crippen LogP contribution in [0, 0.1) is 0 Å². The molecule has 1 aromatic carbocycles. The summed E-state index contributed by atoms with van der Waals surface area (Å²) in [6, 6.07) is 9.04. The van der Waals surface area contributed by atoms with Gasteiger partial charge in [0.2, 0.25) is 0 Å². The minimum atomic E-state index is -0.0791. The number of benzene rings is 1. The molecular weight excluding hydrogens is 418 g/mol. The van der Waals surface area contributed by atoms with Crippen molar-refractivity contribution in [3.8, 4) is 11.4 Å². The number of hydrogen-bond acceptors (Lipinski definition) is 7. The number of fused-ring (bicyclic) bond motifs is 1. The molecule has 0 spiro atoms. The lowest BCUT2D eigenvalue weighted by Gasteiger charge is -2.09. The Balaban J connectivity index is 1.61. The third-order valence-electron chi connectivity index (χ3n) is 4.04.